The minimum absolute atomic E-state index is 0.285. The van der Waals surface area contributed by atoms with Crippen molar-refractivity contribution in [3.63, 3.8) is 0 Å². The molecule has 0 atom stereocenters. The van der Waals surface area contributed by atoms with Gasteiger partial charge in [-0.25, -0.2) is 19.9 Å². The van der Waals surface area contributed by atoms with E-state index < -0.39 is 0 Å². The van der Waals surface area contributed by atoms with Crippen LogP contribution in [-0.2, 0) is 23.7 Å². The standard InChI is InChI=1S/C46H48N6O9/c1-5-33-9-7-11-35(25-33)51-45-37-27-41(58-21-13-53-3)43(29-39(37)47-31-49-45)60-23-19-56-17-15-55-16-18-57-20-24-61-44-30-40-38(28-42(44)59-22-14-54-4)46(50-32-48-40)52-36-12-8-10-34(6-2)26-36/h1-2,7-12,25-32H,13-24H2,3-4H3,(H,47,49,51)(H,48,50,52). The summed E-state index contributed by atoms with van der Waals surface area (Å²) in [6.07, 6.45) is 14.1. The molecule has 61 heavy (non-hydrogen) atoms. The minimum Gasteiger partial charge on any atom is -0.487 e. The third-order valence-corrected chi connectivity index (χ3v) is 8.79. The molecule has 0 radical (unpaired) electrons. The van der Waals surface area contributed by atoms with Crippen LogP contribution in [0.15, 0.2) is 85.5 Å². The molecule has 15 heteroatoms. The number of benzene rings is 4. The van der Waals surface area contributed by atoms with Crippen LogP contribution in [0.5, 0.6) is 23.0 Å². The number of nitrogens with zero attached hydrogens (tertiary/aromatic N) is 4. The largest absolute Gasteiger partial charge is 0.487 e. The van der Waals surface area contributed by atoms with Crippen LogP contribution in [0.1, 0.15) is 11.1 Å². The third kappa shape index (κ3) is 13.1. The van der Waals surface area contributed by atoms with Gasteiger partial charge in [-0.2, -0.15) is 0 Å². The highest BCUT2D eigenvalue weighted by molar-refractivity contribution is 5.94. The zero-order valence-electron chi connectivity index (χ0n) is 34.2. The van der Waals surface area contributed by atoms with E-state index in [1.165, 1.54) is 12.7 Å². The van der Waals surface area contributed by atoms with Gasteiger partial charge in [0.25, 0.3) is 0 Å². The molecule has 2 aromatic heterocycles. The van der Waals surface area contributed by atoms with Gasteiger partial charge >= 0.3 is 0 Å². The molecular weight excluding hydrogens is 781 g/mol. The van der Waals surface area contributed by atoms with Crippen molar-refractivity contribution in [2.45, 2.75) is 0 Å². The maximum absolute atomic E-state index is 6.07. The van der Waals surface area contributed by atoms with E-state index in [1.807, 2.05) is 72.8 Å². The number of aromatic nitrogens is 4. The second kappa shape index (κ2) is 23.8. The van der Waals surface area contributed by atoms with E-state index in [-0.39, 0.29) is 13.2 Å². The minimum atomic E-state index is 0.285. The van der Waals surface area contributed by atoms with Crippen LogP contribution in [0.25, 0.3) is 21.8 Å². The molecule has 2 N–H and O–H groups in total. The van der Waals surface area contributed by atoms with Crippen LogP contribution in [0.2, 0.25) is 0 Å². The number of methoxy groups -OCH3 is 2. The van der Waals surface area contributed by atoms with Gasteiger partial charge in [0.15, 0.2) is 23.0 Å². The molecule has 6 aromatic rings. The molecule has 6 rings (SSSR count). The van der Waals surface area contributed by atoms with Crippen LogP contribution in [0.3, 0.4) is 0 Å². The van der Waals surface area contributed by atoms with E-state index in [1.54, 1.807) is 14.2 Å². The summed E-state index contributed by atoms with van der Waals surface area (Å²) in [6, 6.07) is 22.4. The quantitative estimate of drug-likeness (QED) is 0.0446. The molecular formula is C46H48N6O9. The average Bonchev–Trinajstić information content (AvgIpc) is 3.28. The van der Waals surface area contributed by atoms with Crippen LogP contribution in [-0.4, -0.2) is 113 Å². The molecule has 0 saturated heterocycles. The van der Waals surface area contributed by atoms with E-state index in [9.17, 15) is 0 Å². The van der Waals surface area contributed by atoms with Gasteiger partial charge in [-0.15, -0.1) is 12.8 Å². The molecule has 0 saturated carbocycles. The van der Waals surface area contributed by atoms with Gasteiger partial charge in [0, 0.05) is 59.6 Å². The summed E-state index contributed by atoms with van der Waals surface area (Å²) in [4.78, 5) is 17.8. The average molecular weight is 829 g/mol. The van der Waals surface area contributed by atoms with Crippen LogP contribution < -0.4 is 29.6 Å². The van der Waals surface area contributed by atoms with Crippen LogP contribution in [0.4, 0.5) is 23.0 Å². The Balaban J connectivity index is 0.911. The molecule has 0 fully saturated rings. The van der Waals surface area contributed by atoms with E-state index >= 15 is 0 Å². The second-order valence-corrected chi connectivity index (χ2v) is 13.0. The molecule has 316 valence electrons. The summed E-state index contributed by atoms with van der Waals surface area (Å²) in [5, 5.41) is 8.16. The van der Waals surface area contributed by atoms with E-state index in [0.29, 0.717) is 112 Å². The maximum atomic E-state index is 6.07. The molecule has 0 bridgehead atoms. The number of anilines is 4. The summed E-state index contributed by atoms with van der Waals surface area (Å²) in [7, 11) is 3.23. The Morgan fingerprint density at radius 3 is 1.23 bits per heavy atom. The monoisotopic (exact) mass is 828 g/mol. The molecule has 15 nitrogen and oxygen atoms in total. The number of rotatable bonds is 26. The van der Waals surface area contributed by atoms with Gasteiger partial charge in [-0.3, -0.25) is 0 Å². The topological polar surface area (TPSA) is 159 Å². The highest BCUT2D eigenvalue weighted by Gasteiger charge is 2.15. The van der Waals surface area contributed by atoms with Crippen molar-refractivity contribution in [2.24, 2.45) is 0 Å². The lowest BCUT2D eigenvalue weighted by atomic mass is 10.2. The van der Waals surface area contributed by atoms with E-state index in [4.69, 9.17) is 55.5 Å². The number of terminal acetylenes is 2. The van der Waals surface area contributed by atoms with Crippen molar-refractivity contribution in [1.82, 2.24) is 19.9 Å². The lowest BCUT2D eigenvalue weighted by Crippen LogP contribution is -2.15. The first kappa shape index (κ1) is 43.8. The fourth-order valence-electron chi connectivity index (χ4n) is 5.86. The van der Waals surface area contributed by atoms with Crippen LogP contribution >= 0.6 is 0 Å². The predicted molar refractivity (Wildman–Crippen MR) is 233 cm³/mol. The molecule has 0 spiro atoms. The van der Waals surface area contributed by atoms with Gasteiger partial charge < -0.3 is 53.3 Å². The summed E-state index contributed by atoms with van der Waals surface area (Å²) in [5.41, 5.74) is 4.47. The first-order valence-electron chi connectivity index (χ1n) is 19.6. The third-order valence-electron chi connectivity index (χ3n) is 8.79. The molecule has 0 amide bonds. The summed E-state index contributed by atoms with van der Waals surface area (Å²) in [5.74, 6) is 8.61. The Kier molecular flexibility index (Phi) is 17.1. The number of ether oxygens (including phenoxy) is 9. The Bertz CT molecular complexity index is 2250. The van der Waals surface area contributed by atoms with Crippen molar-refractivity contribution < 1.29 is 42.6 Å². The Hall–Kier alpha value is -6.72. The van der Waals surface area contributed by atoms with Crippen molar-refractivity contribution >= 4 is 44.8 Å². The van der Waals surface area contributed by atoms with Gasteiger partial charge in [0.05, 0.1) is 63.9 Å². The molecule has 0 aliphatic carbocycles. The Morgan fingerprint density at radius 1 is 0.459 bits per heavy atom. The zero-order valence-corrected chi connectivity index (χ0v) is 34.2. The first-order valence-corrected chi connectivity index (χ1v) is 19.6. The number of fused-ring (bicyclic) bond motifs is 2. The van der Waals surface area contributed by atoms with Gasteiger partial charge in [0.2, 0.25) is 0 Å². The molecule has 4 aromatic carbocycles. The lowest BCUT2D eigenvalue weighted by molar-refractivity contribution is 0.00470. The lowest BCUT2D eigenvalue weighted by Gasteiger charge is -2.16. The van der Waals surface area contributed by atoms with Crippen LogP contribution in [0, 0.1) is 24.7 Å². The van der Waals surface area contributed by atoms with E-state index in [0.717, 1.165) is 33.3 Å². The highest BCUT2D eigenvalue weighted by Crippen LogP contribution is 2.36. The highest BCUT2D eigenvalue weighted by atomic mass is 16.6. The normalized spacial score (nSPS) is 10.9. The molecule has 0 aliphatic heterocycles. The fraction of sp³-hybridized carbons (Fsp3) is 0.304. The van der Waals surface area contributed by atoms with Crippen molar-refractivity contribution in [3.8, 4) is 47.7 Å². The number of nitrogens with one attached hydrogen (secondary N) is 2. The van der Waals surface area contributed by atoms with Crippen molar-refractivity contribution in [2.75, 3.05) is 104 Å². The summed E-state index contributed by atoms with van der Waals surface area (Å²) in [6.45, 7) is 4.29. The van der Waals surface area contributed by atoms with Crippen molar-refractivity contribution in [3.05, 3.63) is 96.6 Å². The number of hydrogen-bond donors (Lipinski definition) is 2. The van der Waals surface area contributed by atoms with Gasteiger partial charge in [-0.1, -0.05) is 24.0 Å². The maximum Gasteiger partial charge on any atom is 0.163 e. The van der Waals surface area contributed by atoms with Crippen molar-refractivity contribution in [1.29, 1.82) is 0 Å². The summed E-state index contributed by atoms with van der Waals surface area (Å²) >= 11 is 0. The smallest absolute Gasteiger partial charge is 0.163 e. The molecule has 2 heterocycles. The first-order chi connectivity index (χ1) is 30.1. The van der Waals surface area contributed by atoms with Gasteiger partial charge in [-0.05, 0) is 48.5 Å². The molecule has 0 unspecified atom stereocenters. The van der Waals surface area contributed by atoms with E-state index in [2.05, 4.69) is 42.4 Å². The molecule has 0 aliphatic rings. The number of hydrogen-bond acceptors (Lipinski definition) is 15. The second-order valence-electron chi connectivity index (χ2n) is 13.0. The zero-order chi connectivity index (χ0) is 42.5. The van der Waals surface area contributed by atoms with Gasteiger partial charge in [0.1, 0.15) is 50.7 Å². The SMILES string of the molecule is C#Cc1cccc(Nc2ncnc3cc(OCCOCCOCCOCCOc4cc5ncnc(Nc6cccc(C#C)c6)c5cc4OCCOC)c(OCCOC)cc23)c1. The Morgan fingerprint density at radius 2 is 0.836 bits per heavy atom. The Labute approximate surface area is 355 Å². The predicted octanol–water partition coefficient (Wildman–Crippen LogP) is 6.58. The fourth-order valence-corrected chi connectivity index (χ4v) is 5.86. The summed E-state index contributed by atoms with van der Waals surface area (Å²) < 4.78 is 51.7.